The number of thiophene rings is 3. The van der Waals surface area contributed by atoms with Crippen molar-refractivity contribution < 1.29 is 0 Å². The van der Waals surface area contributed by atoms with E-state index in [9.17, 15) is 0 Å². The second kappa shape index (κ2) is 24.6. The predicted octanol–water partition coefficient (Wildman–Crippen LogP) is 20.7. The number of nitrogens with zero attached hydrogens (tertiary/aromatic N) is 11. The van der Waals surface area contributed by atoms with E-state index in [-0.39, 0.29) is 0 Å². The van der Waals surface area contributed by atoms with E-state index >= 15 is 0 Å². The van der Waals surface area contributed by atoms with E-state index < -0.39 is 0 Å². The Kier molecular flexibility index (Phi) is 15.9. The van der Waals surface area contributed by atoms with E-state index in [1.807, 2.05) is 47.7 Å². The zero-order chi connectivity index (χ0) is 56.1. The quantitative estimate of drug-likeness (QED) is 0.123. The Morgan fingerprint density at radius 3 is 0.867 bits per heavy atom. The van der Waals surface area contributed by atoms with Gasteiger partial charge < -0.3 is 14.7 Å². The standard InChI is InChI=1S/C40H26N6S3.C17H15NS.C8H2Br2N4S/c1-5-13-27(14-6-1)45(28-15-7-2-8-16-28)33-23-21-31(47-33)35-37-38(42-26-25-41-37)36(40-39(35)43-49-44-40)32-22-24-34(48-32)46(29-17-9-3-10-18-29)30-19-11-4-12-20-30;1-14-12-13-17(19-14)18(15-8-4-2-5-9-15)16-10-6-3-7-11-16;9-3-5-6(12-2-1-11-5)4(10)8-7(3)13-15-14-8/h1-26H;2-13H,1H3;1-2H. The Bertz CT molecular complexity index is 4290. The number of halogens is 2. The van der Waals surface area contributed by atoms with Gasteiger partial charge in [-0.2, -0.15) is 17.5 Å². The molecule has 0 saturated heterocycles. The van der Waals surface area contributed by atoms with Gasteiger partial charge in [0.2, 0.25) is 0 Å². The second-order valence-electron chi connectivity index (χ2n) is 18.5. The third kappa shape index (κ3) is 11.1. The van der Waals surface area contributed by atoms with Gasteiger partial charge in [-0.15, -0.1) is 34.0 Å². The summed E-state index contributed by atoms with van der Waals surface area (Å²) in [6.07, 6.45) is 6.85. The summed E-state index contributed by atoms with van der Waals surface area (Å²) in [5.74, 6) is 0. The number of rotatable bonds is 11. The molecule has 7 aromatic heterocycles. The summed E-state index contributed by atoms with van der Waals surface area (Å²) in [5.41, 5.74) is 15.2. The first-order valence-electron chi connectivity index (χ1n) is 26.0. The highest BCUT2D eigenvalue weighted by Crippen LogP contribution is 2.50. The minimum absolute atomic E-state index is 0.796. The fourth-order valence-corrected chi connectivity index (χ4v) is 15.2. The van der Waals surface area contributed by atoms with Crippen LogP contribution >= 0.6 is 89.3 Å². The van der Waals surface area contributed by atoms with Crippen LogP contribution in [0.4, 0.5) is 49.1 Å². The summed E-state index contributed by atoms with van der Waals surface area (Å²) in [5, 5.41) is 3.43. The molecule has 0 saturated carbocycles. The molecular formula is C65H43Br2N11S5. The maximum absolute atomic E-state index is 4.94. The Morgan fingerprint density at radius 1 is 0.289 bits per heavy atom. The van der Waals surface area contributed by atoms with Gasteiger partial charge in [-0.3, -0.25) is 19.9 Å². The number of anilines is 9. The summed E-state index contributed by atoms with van der Waals surface area (Å²) in [6, 6.07) is 75.8. The molecule has 18 heteroatoms. The second-order valence-corrected chi connectivity index (χ2v) is 24.5. The predicted molar refractivity (Wildman–Crippen MR) is 356 cm³/mol. The minimum atomic E-state index is 0.796. The molecule has 15 rings (SSSR count). The molecule has 15 aromatic rings. The molecule has 0 fully saturated rings. The van der Waals surface area contributed by atoms with Gasteiger partial charge >= 0.3 is 0 Å². The van der Waals surface area contributed by atoms with E-state index in [0.29, 0.717) is 0 Å². The molecule has 0 radical (unpaired) electrons. The largest absolute Gasteiger partial charge is 0.302 e. The monoisotopic (exact) mass is 1300 g/mol. The van der Waals surface area contributed by atoms with Crippen molar-refractivity contribution in [3.05, 3.63) is 257 Å². The van der Waals surface area contributed by atoms with Gasteiger partial charge in [0.1, 0.15) is 59.1 Å². The highest BCUT2D eigenvalue weighted by molar-refractivity contribution is 9.11. The molecule has 0 spiro atoms. The first kappa shape index (κ1) is 53.8. The van der Waals surface area contributed by atoms with Crippen molar-refractivity contribution in [2.45, 2.75) is 6.92 Å². The number of aromatic nitrogens is 8. The van der Waals surface area contributed by atoms with E-state index in [0.717, 1.165) is 107 Å². The fraction of sp³-hybridized carbons (Fsp3) is 0.0154. The van der Waals surface area contributed by atoms with Gasteiger partial charge in [0.25, 0.3) is 0 Å². The first-order chi connectivity index (χ1) is 41.0. The summed E-state index contributed by atoms with van der Waals surface area (Å²) < 4.78 is 19.9. The van der Waals surface area contributed by atoms with Gasteiger partial charge in [-0.05, 0) is 148 Å². The van der Waals surface area contributed by atoms with Crippen LogP contribution in [-0.2, 0) is 0 Å². The normalized spacial score (nSPS) is 11.1. The third-order valence-corrected chi connectivity index (χ3v) is 19.0. The third-order valence-electron chi connectivity index (χ3n) is 13.3. The van der Waals surface area contributed by atoms with Gasteiger partial charge in [0, 0.05) is 84.7 Å². The number of aryl methyl sites for hydroxylation is 1. The molecule has 0 aliphatic heterocycles. The number of fused-ring (bicyclic) bond motifs is 4. The van der Waals surface area contributed by atoms with E-state index in [2.05, 4.69) is 254 Å². The van der Waals surface area contributed by atoms with Crippen LogP contribution in [0.3, 0.4) is 0 Å². The van der Waals surface area contributed by atoms with Crippen molar-refractivity contribution in [3.8, 4) is 20.9 Å². The number of benzene rings is 8. The van der Waals surface area contributed by atoms with Crippen LogP contribution in [0.2, 0.25) is 0 Å². The maximum Gasteiger partial charge on any atom is 0.122 e. The van der Waals surface area contributed by atoms with Gasteiger partial charge in [0.15, 0.2) is 0 Å². The molecule has 8 aromatic carbocycles. The fourth-order valence-electron chi connectivity index (χ4n) is 9.65. The molecule has 0 N–H and O–H groups in total. The average Bonchev–Trinajstić information content (AvgIpc) is 4.48. The molecule has 11 nitrogen and oxygen atoms in total. The van der Waals surface area contributed by atoms with Gasteiger partial charge in [-0.1, -0.05) is 109 Å². The summed E-state index contributed by atoms with van der Waals surface area (Å²) in [7, 11) is 0. The van der Waals surface area contributed by atoms with Crippen LogP contribution in [0.15, 0.2) is 252 Å². The zero-order valence-corrected chi connectivity index (χ0v) is 51.1. The van der Waals surface area contributed by atoms with Crippen molar-refractivity contribution in [2.24, 2.45) is 0 Å². The Hall–Kier alpha value is -8.46. The summed E-state index contributed by atoms with van der Waals surface area (Å²) >= 11 is 14.6. The highest BCUT2D eigenvalue weighted by atomic mass is 79.9. The van der Waals surface area contributed by atoms with Crippen LogP contribution in [0.5, 0.6) is 0 Å². The summed E-state index contributed by atoms with van der Waals surface area (Å²) in [6.45, 7) is 2.14. The maximum atomic E-state index is 4.94. The zero-order valence-electron chi connectivity index (χ0n) is 43.8. The van der Waals surface area contributed by atoms with E-state index in [1.54, 1.807) is 47.5 Å². The molecular weight excluding hydrogens is 1250 g/mol. The SMILES string of the molecule is Brc1c2nccnc2c(Br)c2nsnc12.Cc1ccc(N(c2ccccc2)c2ccccc2)s1.c1ccc(N(c2ccccc2)c2ccc(-c3c4nccnc4c(-c4ccc(N(c5ccccc5)c5ccccc5)s4)c4nsnc34)s2)cc1. The van der Waals surface area contributed by atoms with E-state index in [4.69, 9.17) is 18.7 Å². The van der Waals surface area contributed by atoms with Gasteiger partial charge in [0.05, 0.1) is 32.4 Å². The number of para-hydroxylation sites is 6. The smallest absolute Gasteiger partial charge is 0.122 e. The summed E-state index contributed by atoms with van der Waals surface area (Å²) in [4.78, 5) is 28.7. The minimum Gasteiger partial charge on any atom is -0.302 e. The van der Waals surface area contributed by atoms with Gasteiger partial charge in [-0.25, -0.2) is 0 Å². The van der Waals surface area contributed by atoms with Crippen molar-refractivity contribution in [2.75, 3.05) is 14.7 Å². The Labute approximate surface area is 515 Å². The molecule has 402 valence electrons. The lowest BCUT2D eigenvalue weighted by atomic mass is 10.0. The Balaban J connectivity index is 0.000000153. The number of hydrogen-bond acceptors (Lipinski definition) is 16. The molecule has 83 heavy (non-hydrogen) atoms. The molecule has 0 bridgehead atoms. The van der Waals surface area contributed by atoms with Crippen molar-refractivity contribution in [1.29, 1.82) is 0 Å². The van der Waals surface area contributed by atoms with Crippen molar-refractivity contribution >= 4 is 183 Å². The lowest BCUT2D eigenvalue weighted by Crippen LogP contribution is -2.07. The van der Waals surface area contributed by atoms with Crippen LogP contribution < -0.4 is 14.7 Å². The molecule has 0 amide bonds. The lowest BCUT2D eigenvalue weighted by Gasteiger charge is -2.23. The van der Waals surface area contributed by atoms with Crippen LogP contribution in [-0.4, -0.2) is 37.4 Å². The topological polar surface area (TPSA) is 113 Å². The van der Waals surface area contributed by atoms with Crippen LogP contribution in [0.25, 0.3) is 65.0 Å². The lowest BCUT2D eigenvalue weighted by molar-refractivity contribution is 1.29. The molecule has 0 atom stereocenters. The molecule has 0 aliphatic rings. The Morgan fingerprint density at radius 2 is 0.566 bits per heavy atom. The number of hydrogen-bond donors (Lipinski definition) is 0. The molecule has 0 unspecified atom stereocenters. The molecule has 7 heterocycles. The van der Waals surface area contributed by atoms with Crippen LogP contribution in [0, 0.1) is 6.92 Å². The average molecular weight is 1300 g/mol. The van der Waals surface area contributed by atoms with Crippen molar-refractivity contribution in [1.82, 2.24) is 37.4 Å². The van der Waals surface area contributed by atoms with Crippen LogP contribution in [0.1, 0.15) is 4.88 Å². The molecule has 0 aliphatic carbocycles. The van der Waals surface area contributed by atoms with E-state index in [1.165, 1.54) is 44.7 Å². The van der Waals surface area contributed by atoms with Crippen molar-refractivity contribution in [3.63, 3.8) is 0 Å². The first-order valence-corrected chi connectivity index (χ1v) is 31.5. The highest BCUT2D eigenvalue weighted by Gasteiger charge is 2.26.